The van der Waals surface area contributed by atoms with Gasteiger partial charge in [0, 0.05) is 45.4 Å². The van der Waals surface area contributed by atoms with Crippen LogP contribution in [0.15, 0.2) is 30.3 Å². The summed E-state index contributed by atoms with van der Waals surface area (Å²) in [4.78, 5) is 2.28. The zero-order chi connectivity index (χ0) is 16.8. The SMILES string of the molecule is COCCNc1nnc(-c2ccccc2O)cc1N1CCNCC1. The summed E-state index contributed by atoms with van der Waals surface area (Å²) in [5.74, 6) is 0.950. The Balaban J connectivity index is 1.93. The van der Waals surface area contributed by atoms with Crippen LogP contribution in [0.2, 0.25) is 0 Å². The summed E-state index contributed by atoms with van der Waals surface area (Å²) in [6.07, 6.45) is 0. The van der Waals surface area contributed by atoms with Crippen LogP contribution in [0.5, 0.6) is 5.75 Å². The van der Waals surface area contributed by atoms with Gasteiger partial charge in [0.25, 0.3) is 0 Å². The Kier molecular flexibility index (Phi) is 5.45. The third-order valence-corrected chi connectivity index (χ3v) is 4.01. The minimum atomic E-state index is 0.207. The van der Waals surface area contributed by atoms with Gasteiger partial charge in [0.05, 0.1) is 18.0 Å². The van der Waals surface area contributed by atoms with Crippen LogP contribution in [0, 0.1) is 0 Å². The van der Waals surface area contributed by atoms with E-state index >= 15 is 0 Å². The van der Waals surface area contributed by atoms with Gasteiger partial charge in [0.2, 0.25) is 0 Å². The number of ether oxygens (including phenoxy) is 1. The van der Waals surface area contributed by atoms with Gasteiger partial charge >= 0.3 is 0 Å². The fraction of sp³-hybridized carbons (Fsp3) is 0.412. The molecule has 0 saturated carbocycles. The third kappa shape index (κ3) is 3.74. The molecule has 1 aliphatic rings. The normalized spacial score (nSPS) is 14.6. The second-order valence-corrected chi connectivity index (χ2v) is 5.64. The minimum Gasteiger partial charge on any atom is -0.507 e. The van der Waals surface area contributed by atoms with E-state index in [-0.39, 0.29) is 5.75 Å². The van der Waals surface area contributed by atoms with E-state index in [4.69, 9.17) is 4.74 Å². The first-order valence-corrected chi connectivity index (χ1v) is 8.14. The van der Waals surface area contributed by atoms with Gasteiger partial charge in [0.1, 0.15) is 5.75 Å². The molecule has 0 atom stereocenters. The molecule has 1 aromatic heterocycles. The van der Waals surface area contributed by atoms with E-state index in [0.29, 0.717) is 24.4 Å². The summed E-state index contributed by atoms with van der Waals surface area (Å²) < 4.78 is 5.09. The zero-order valence-electron chi connectivity index (χ0n) is 13.8. The van der Waals surface area contributed by atoms with Crippen molar-refractivity contribution in [2.45, 2.75) is 0 Å². The minimum absolute atomic E-state index is 0.207. The molecule has 3 rings (SSSR count). The van der Waals surface area contributed by atoms with Crippen molar-refractivity contribution in [1.82, 2.24) is 15.5 Å². The Morgan fingerprint density at radius 3 is 2.79 bits per heavy atom. The molecule has 0 unspecified atom stereocenters. The third-order valence-electron chi connectivity index (χ3n) is 4.01. The average molecular weight is 329 g/mol. The monoisotopic (exact) mass is 329 g/mol. The van der Waals surface area contributed by atoms with Crippen LogP contribution >= 0.6 is 0 Å². The maximum Gasteiger partial charge on any atom is 0.172 e. The van der Waals surface area contributed by atoms with Crippen LogP contribution in [0.4, 0.5) is 11.5 Å². The summed E-state index contributed by atoms with van der Waals surface area (Å²) in [7, 11) is 1.67. The van der Waals surface area contributed by atoms with Crippen molar-refractivity contribution in [3.8, 4) is 17.0 Å². The molecule has 1 fully saturated rings. The lowest BCUT2D eigenvalue weighted by Gasteiger charge is -2.30. The predicted molar refractivity (Wildman–Crippen MR) is 94.6 cm³/mol. The van der Waals surface area contributed by atoms with Crippen LogP contribution in [0.25, 0.3) is 11.3 Å². The van der Waals surface area contributed by atoms with Crippen LogP contribution in [-0.4, -0.2) is 61.7 Å². The first-order chi connectivity index (χ1) is 11.8. The highest BCUT2D eigenvalue weighted by molar-refractivity contribution is 5.75. The molecular weight excluding hydrogens is 306 g/mol. The van der Waals surface area contributed by atoms with Crippen molar-refractivity contribution in [3.05, 3.63) is 30.3 Å². The largest absolute Gasteiger partial charge is 0.507 e. The molecule has 0 spiro atoms. The lowest BCUT2D eigenvalue weighted by atomic mass is 10.1. The van der Waals surface area contributed by atoms with Crippen molar-refractivity contribution in [3.63, 3.8) is 0 Å². The molecule has 0 amide bonds. The van der Waals surface area contributed by atoms with Crippen molar-refractivity contribution in [1.29, 1.82) is 0 Å². The number of aromatic hydroxyl groups is 1. The van der Waals surface area contributed by atoms with Gasteiger partial charge in [-0.05, 0) is 18.2 Å². The molecule has 1 aromatic carbocycles. The van der Waals surface area contributed by atoms with Gasteiger partial charge in [-0.2, -0.15) is 0 Å². The van der Waals surface area contributed by atoms with E-state index in [2.05, 4.69) is 25.7 Å². The summed E-state index contributed by atoms with van der Waals surface area (Å²) in [5, 5.41) is 25.4. The van der Waals surface area contributed by atoms with Crippen molar-refractivity contribution in [2.24, 2.45) is 0 Å². The fourth-order valence-corrected chi connectivity index (χ4v) is 2.75. The van der Waals surface area contributed by atoms with Crippen LogP contribution in [-0.2, 0) is 4.74 Å². The maximum atomic E-state index is 10.1. The van der Waals surface area contributed by atoms with E-state index in [1.54, 1.807) is 19.2 Å². The van der Waals surface area contributed by atoms with Gasteiger partial charge in [-0.1, -0.05) is 12.1 Å². The second kappa shape index (κ2) is 7.94. The number of benzene rings is 1. The van der Waals surface area contributed by atoms with E-state index in [0.717, 1.165) is 37.7 Å². The van der Waals surface area contributed by atoms with E-state index in [1.807, 2.05) is 18.2 Å². The van der Waals surface area contributed by atoms with Crippen molar-refractivity contribution >= 4 is 11.5 Å². The van der Waals surface area contributed by atoms with Crippen molar-refractivity contribution < 1.29 is 9.84 Å². The fourth-order valence-electron chi connectivity index (χ4n) is 2.75. The lowest BCUT2D eigenvalue weighted by molar-refractivity contribution is 0.210. The Labute approximate surface area is 141 Å². The van der Waals surface area contributed by atoms with Crippen LogP contribution in [0.1, 0.15) is 0 Å². The molecule has 7 heteroatoms. The summed E-state index contributed by atoms with van der Waals surface area (Å²) >= 11 is 0. The molecule has 0 radical (unpaired) electrons. The molecule has 3 N–H and O–H groups in total. The van der Waals surface area contributed by atoms with Gasteiger partial charge in [-0.15, -0.1) is 10.2 Å². The quantitative estimate of drug-likeness (QED) is 0.689. The highest BCUT2D eigenvalue weighted by atomic mass is 16.5. The highest BCUT2D eigenvalue weighted by Gasteiger charge is 2.18. The zero-order valence-corrected chi connectivity index (χ0v) is 13.8. The standard InChI is InChI=1S/C17H23N5O2/c1-24-11-8-19-17-15(22-9-6-18-7-10-22)12-14(20-21-17)13-4-2-3-5-16(13)23/h2-5,12,18,23H,6-11H2,1H3,(H,19,21). The molecule has 24 heavy (non-hydrogen) atoms. The Morgan fingerprint density at radius 2 is 2.04 bits per heavy atom. The molecule has 0 aliphatic carbocycles. The molecule has 7 nitrogen and oxygen atoms in total. The Morgan fingerprint density at radius 1 is 1.25 bits per heavy atom. The first-order valence-electron chi connectivity index (χ1n) is 8.14. The Hall–Kier alpha value is -2.38. The lowest BCUT2D eigenvalue weighted by Crippen LogP contribution is -2.44. The number of hydrogen-bond acceptors (Lipinski definition) is 7. The summed E-state index contributed by atoms with van der Waals surface area (Å²) in [6, 6.07) is 9.17. The van der Waals surface area contributed by atoms with E-state index < -0.39 is 0 Å². The number of para-hydroxylation sites is 1. The Bertz CT molecular complexity index is 674. The predicted octanol–water partition coefficient (Wildman–Crippen LogP) is 1.32. The van der Waals surface area contributed by atoms with Gasteiger partial charge in [-0.3, -0.25) is 0 Å². The number of piperazine rings is 1. The molecule has 0 bridgehead atoms. The molecule has 2 aromatic rings. The van der Waals surface area contributed by atoms with Crippen LogP contribution in [0.3, 0.4) is 0 Å². The number of nitrogens with one attached hydrogen (secondary N) is 2. The molecule has 1 saturated heterocycles. The molecule has 1 aliphatic heterocycles. The number of nitrogens with zero attached hydrogens (tertiary/aromatic N) is 3. The highest BCUT2D eigenvalue weighted by Crippen LogP contribution is 2.32. The molecular formula is C17H23N5O2. The smallest absolute Gasteiger partial charge is 0.172 e. The summed E-state index contributed by atoms with van der Waals surface area (Å²) in [5.41, 5.74) is 2.35. The number of methoxy groups -OCH3 is 1. The number of aromatic nitrogens is 2. The average Bonchev–Trinajstić information content (AvgIpc) is 2.63. The van der Waals surface area contributed by atoms with Crippen LogP contribution < -0.4 is 15.5 Å². The number of rotatable bonds is 6. The number of phenolic OH excluding ortho intramolecular Hbond substituents is 1. The molecule has 128 valence electrons. The number of hydrogen-bond donors (Lipinski definition) is 3. The maximum absolute atomic E-state index is 10.1. The van der Waals surface area contributed by atoms with Gasteiger partial charge in [0.15, 0.2) is 5.82 Å². The summed E-state index contributed by atoms with van der Waals surface area (Å²) in [6.45, 7) is 4.96. The molecule has 2 heterocycles. The van der Waals surface area contributed by atoms with Crippen molar-refractivity contribution in [2.75, 3.05) is 56.7 Å². The second-order valence-electron chi connectivity index (χ2n) is 5.64. The number of phenols is 1. The van der Waals surface area contributed by atoms with E-state index in [1.165, 1.54) is 0 Å². The van der Waals surface area contributed by atoms with Gasteiger partial charge < -0.3 is 25.4 Å². The number of anilines is 2. The van der Waals surface area contributed by atoms with Gasteiger partial charge in [-0.25, -0.2) is 0 Å². The first kappa shape index (κ1) is 16.5. The topological polar surface area (TPSA) is 82.5 Å². The van der Waals surface area contributed by atoms with E-state index in [9.17, 15) is 5.11 Å².